The van der Waals surface area contributed by atoms with Crippen LogP contribution in [-0.4, -0.2) is 12.1 Å². The summed E-state index contributed by atoms with van der Waals surface area (Å²) in [6.07, 6.45) is 1.68. The Labute approximate surface area is 113 Å². The first-order valence-corrected chi connectivity index (χ1v) is 6.16. The minimum Gasteiger partial charge on any atom is -0.456 e. The number of ether oxygens (including phenoxy) is 2. The highest BCUT2D eigenvalue weighted by atomic mass is 16.5. The van der Waals surface area contributed by atoms with Crippen molar-refractivity contribution in [1.82, 2.24) is 4.98 Å². The normalized spacial score (nSPS) is 12.2. The second kappa shape index (κ2) is 6.31. The first-order valence-electron chi connectivity index (χ1n) is 6.16. The third kappa shape index (κ3) is 3.77. The van der Waals surface area contributed by atoms with Crippen molar-refractivity contribution in [3.8, 4) is 11.5 Å². The Balaban J connectivity index is 2.10. The molecule has 1 aromatic heterocycles. The van der Waals surface area contributed by atoms with Gasteiger partial charge in [0, 0.05) is 13.2 Å². The summed E-state index contributed by atoms with van der Waals surface area (Å²) in [6.45, 7) is 2.47. The van der Waals surface area contributed by atoms with Gasteiger partial charge in [-0.05, 0) is 36.8 Å². The van der Waals surface area contributed by atoms with Gasteiger partial charge in [0.2, 0.25) is 0 Å². The van der Waals surface area contributed by atoms with E-state index in [0.29, 0.717) is 12.4 Å². The molecule has 0 aliphatic heterocycles. The van der Waals surface area contributed by atoms with Gasteiger partial charge >= 0.3 is 0 Å². The predicted octanol–water partition coefficient (Wildman–Crippen LogP) is 3.04. The maximum absolute atomic E-state index is 5.75. The minimum atomic E-state index is -0.0703. The summed E-state index contributed by atoms with van der Waals surface area (Å²) >= 11 is 0. The van der Waals surface area contributed by atoms with E-state index in [2.05, 4.69) is 4.98 Å². The molecule has 0 radical (unpaired) electrons. The molecule has 0 aliphatic carbocycles. The van der Waals surface area contributed by atoms with Gasteiger partial charge in [-0.25, -0.2) is 0 Å². The van der Waals surface area contributed by atoms with E-state index in [1.165, 1.54) is 0 Å². The molecule has 0 spiro atoms. The molecule has 100 valence electrons. The SMILES string of the molecule is COCc1cccc(Oc2ccc([C@@H](C)N)nc2)c1. The van der Waals surface area contributed by atoms with Gasteiger partial charge < -0.3 is 15.2 Å². The number of benzene rings is 1. The first-order chi connectivity index (χ1) is 9.19. The Morgan fingerprint density at radius 3 is 2.68 bits per heavy atom. The highest BCUT2D eigenvalue weighted by Crippen LogP contribution is 2.22. The van der Waals surface area contributed by atoms with Gasteiger partial charge in [-0.3, -0.25) is 4.98 Å². The molecule has 0 bridgehead atoms. The lowest BCUT2D eigenvalue weighted by molar-refractivity contribution is 0.184. The summed E-state index contributed by atoms with van der Waals surface area (Å²) in [5, 5.41) is 0. The molecule has 0 aliphatic rings. The Kier molecular flexibility index (Phi) is 4.49. The molecule has 1 heterocycles. The zero-order valence-electron chi connectivity index (χ0n) is 11.2. The lowest BCUT2D eigenvalue weighted by Crippen LogP contribution is -2.06. The van der Waals surface area contributed by atoms with Crippen LogP contribution in [0.3, 0.4) is 0 Å². The third-order valence-electron chi connectivity index (χ3n) is 2.67. The third-order valence-corrected chi connectivity index (χ3v) is 2.67. The van der Waals surface area contributed by atoms with E-state index in [0.717, 1.165) is 17.0 Å². The number of methoxy groups -OCH3 is 1. The van der Waals surface area contributed by atoms with Crippen LogP contribution in [-0.2, 0) is 11.3 Å². The molecule has 1 atom stereocenters. The molecular formula is C15H18N2O2. The molecule has 0 saturated heterocycles. The summed E-state index contributed by atoms with van der Waals surface area (Å²) < 4.78 is 10.8. The number of hydrogen-bond acceptors (Lipinski definition) is 4. The van der Waals surface area contributed by atoms with E-state index in [-0.39, 0.29) is 6.04 Å². The largest absolute Gasteiger partial charge is 0.456 e. The number of rotatable bonds is 5. The second-order valence-corrected chi connectivity index (χ2v) is 4.39. The molecule has 2 N–H and O–H groups in total. The summed E-state index contributed by atoms with van der Waals surface area (Å²) in [4.78, 5) is 4.26. The van der Waals surface area contributed by atoms with E-state index < -0.39 is 0 Å². The Morgan fingerprint density at radius 2 is 2.05 bits per heavy atom. The lowest BCUT2D eigenvalue weighted by Gasteiger charge is -2.09. The van der Waals surface area contributed by atoms with Gasteiger partial charge in [0.1, 0.15) is 11.5 Å². The monoisotopic (exact) mass is 258 g/mol. The summed E-state index contributed by atoms with van der Waals surface area (Å²) in [5.41, 5.74) is 7.67. The molecule has 19 heavy (non-hydrogen) atoms. The van der Waals surface area contributed by atoms with Crippen LogP contribution >= 0.6 is 0 Å². The van der Waals surface area contributed by atoms with Crippen LogP contribution in [0, 0.1) is 0 Å². The zero-order valence-corrected chi connectivity index (χ0v) is 11.2. The van der Waals surface area contributed by atoms with Crippen LogP contribution in [0.25, 0.3) is 0 Å². The average molecular weight is 258 g/mol. The van der Waals surface area contributed by atoms with Crippen molar-refractivity contribution >= 4 is 0 Å². The Hall–Kier alpha value is -1.91. The van der Waals surface area contributed by atoms with Crippen LogP contribution in [0.5, 0.6) is 11.5 Å². The van der Waals surface area contributed by atoms with Gasteiger partial charge in [0.25, 0.3) is 0 Å². The molecular weight excluding hydrogens is 240 g/mol. The highest BCUT2D eigenvalue weighted by Gasteiger charge is 2.03. The molecule has 0 amide bonds. The van der Waals surface area contributed by atoms with Crippen molar-refractivity contribution < 1.29 is 9.47 Å². The van der Waals surface area contributed by atoms with Crippen LogP contribution in [0.2, 0.25) is 0 Å². The van der Waals surface area contributed by atoms with Crippen molar-refractivity contribution in [3.05, 3.63) is 53.9 Å². The maximum atomic E-state index is 5.75. The van der Waals surface area contributed by atoms with Gasteiger partial charge in [-0.2, -0.15) is 0 Å². The number of hydrogen-bond donors (Lipinski definition) is 1. The predicted molar refractivity (Wildman–Crippen MR) is 74.1 cm³/mol. The number of nitrogens with two attached hydrogens (primary N) is 1. The fraction of sp³-hybridized carbons (Fsp3) is 0.267. The van der Waals surface area contributed by atoms with E-state index in [9.17, 15) is 0 Å². The molecule has 0 fully saturated rings. The molecule has 4 heteroatoms. The van der Waals surface area contributed by atoms with Crippen molar-refractivity contribution in [2.24, 2.45) is 5.73 Å². The molecule has 2 aromatic rings. The van der Waals surface area contributed by atoms with Crippen LogP contribution in [0.4, 0.5) is 0 Å². The van der Waals surface area contributed by atoms with Gasteiger partial charge in [-0.1, -0.05) is 12.1 Å². The first kappa shape index (κ1) is 13.5. The average Bonchev–Trinajstić information content (AvgIpc) is 2.40. The van der Waals surface area contributed by atoms with Crippen LogP contribution < -0.4 is 10.5 Å². The topological polar surface area (TPSA) is 57.4 Å². The quantitative estimate of drug-likeness (QED) is 0.895. The molecule has 4 nitrogen and oxygen atoms in total. The van der Waals surface area contributed by atoms with Gasteiger partial charge in [0.05, 0.1) is 18.5 Å². The number of pyridine rings is 1. The second-order valence-electron chi connectivity index (χ2n) is 4.39. The van der Waals surface area contributed by atoms with Crippen LogP contribution in [0.1, 0.15) is 24.2 Å². The fourth-order valence-electron chi connectivity index (χ4n) is 1.72. The van der Waals surface area contributed by atoms with Gasteiger partial charge in [-0.15, -0.1) is 0 Å². The molecule has 0 saturated carbocycles. The van der Waals surface area contributed by atoms with Crippen molar-refractivity contribution in [2.75, 3.05) is 7.11 Å². The Bertz CT molecular complexity index is 524. The van der Waals surface area contributed by atoms with E-state index in [4.69, 9.17) is 15.2 Å². The minimum absolute atomic E-state index is 0.0703. The molecule has 1 aromatic carbocycles. The number of nitrogens with zero attached hydrogens (tertiary/aromatic N) is 1. The summed E-state index contributed by atoms with van der Waals surface area (Å²) in [5.74, 6) is 1.46. The van der Waals surface area contributed by atoms with Gasteiger partial charge in [0.15, 0.2) is 0 Å². The van der Waals surface area contributed by atoms with Crippen LogP contribution in [0.15, 0.2) is 42.6 Å². The Morgan fingerprint density at radius 1 is 1.21 bits per heavy atom. The van der Waals surface area contributed by atoms with E-state index >= 15 is 0 Å². The summed E-state index contributed by atoms with van der Waals surface area (Å²) in [7, 11) is 1.67. The fourth-order valence-corrected chi connectivity index (χ4v) is 1.72. The zero-order chi connectivity index (χ0) is 13.7. The maximum Gasteiger partial charge on any atom is 0.145 e. The van der Waals surface area contributed by atoms with Crippen molar-refractivity contribution in [3.63, 3.8) is 0 Å². The number of aromatic nitrogens is 1. The van der Waals surface area contributed by atoms with E-state index in [1.54, 1.807) is 13.3 Å². The van der Waals surface area contributed by atoms with E-state index in [1.807, 2.05) is 43.3 Å². The molecule has 2 rings (SSSR count). The van der Waals surface area contributed by atoms with Crippen molar-refractivity contribution in [1.29, 1.82) is 0 Å². The summed E-state index contributed by atoms with van der Waals surface area (Å²) in [6, 6.07) is 11.5. The standard InChI is InChI=1S/C15H18N2O2/c1-11(16)15-7-6-14(9-17-15)19-13-5-3-4-12(8-13)10-18-2/h3-9,11H,10,16H2,1-2H3/t11-/m1/s1. The van der Waals surface area contributed by atoms with Crippen molar-refractivity contribution in [2.45, 2.75) is 19.6 Å². The smallest absolute Gasteiger partial charge is 0.145 e. The highest BCUT2D eigenvalue weighted by molar-refractivity contribution is 5.33. The lowest BCUT2D eigenvalue weighted by atomic mass is 10.2. The molecule has 0 unspecified atom stereocenters.